The number of halogens is 3. The Kier molecular flexibility index (Phi) is 6.85. The van der Waals surface area contributed by atoms with Crippen molar-refractivity contribution in [1.29, 1.82) is 0 Å². The molecular formula is C23H21F3N4O3S. The number of aromatic nitrogens is 1. The van der Waals surface area contributed by atoms with Crippen LogP contribution in [-0.2, 0) is 22.3 Å². The molecule has 1 fully saturated rings. The van der Waals surface area contributed by atoms with E-state index in [1.807, 2.05) is 0 Å². The molecule has 3 aromatic rings. The molecule has 0 bridgehead atoms. The van der Waals surface area contributed by atoms with Crippen molar-refractivity contribution in [2.24, 2.45) is 0 Å². The molecule has 2 amide bonds. The average molecular weight is 491 g/mol. The number of hydrogen-bond acceptors (Lipinski definition) is 6. The van der Waals surface area contributed by atoms with Gasteiger partial charge in [0.15, 0.2) is 0 Å². The van der Waals surface area contributed by atoms with Crippen LogP contribution in [0.25, 0.3) is 0 Å². The summed E-state index contributed by atoms with van der Waals surface area (Å²) in [5, 5.41) is 8.37. The lowest BCUT2D eigenvalue weighted by Crippen LogP contribution is -2.59. The van der Waals surface area contributed by atoms with Crippen LogP contribution in [0.4, 0.5) is 24.5 Å². The first-order chi connectivity index (χ1) is 16.3. The molecule has 1 saturated heterocycles. The van der Waals surface area contributed by atoms with Gasteiger partial charge in [0.25, 0.3) is 5.91 Å². The third kappa shape index (κ3) is 5.37. The number of para-hydroxylation sites is 1. The van der Waals surface area contributed by atoms with Gasteiger partial charge in [0.1, 0.15) is 10.4 Å². The highest BCUT2D eigenvalue weighted by Gasteiger charge is 2.44. The SMILES string of the molecule is O=C(NC1(C(=O)NCc2ccc(Nc3ccccc3C(F)(F)F)cc2)CCOC1)c1cncs1. The second-order valence-electron chi connectivity index (χ2n) is 7.75. The van der Waals surface area contributed by atoms with Gasteiger partial charge in [0.05, 0.1) is 29.6 Å². The molecule has 0 radical (unpaired) electrons. The molecule has 2 aromatic carbocycles. The van der Waals surface area contributed by atoms with Gasteiger partial charge in [-0.3, -0.25) is 14.6 Å². The molecule has 11 heteroatoms. The van der Waals surface area contributed by atoms with E-state index in [9.17, 15) is 22.8 Å². The summed E-state index contributed by atoms with van der Waals surface area (Å²) in [6.07, 6.45) is -2.70. The summed E-state index contributed by atoms with van der Waals surface area (Å²) < 4.78 is 45.0. The smallest absolute Gasteiger partial charge is 0.378 e. The Morgan fingerprint density at radius 3 is 2.53 bits per heavy atom. The molecule has 1 aliphatic heterocycles. The van der Waals surface area contributed by atoms with Crippen molar-refractivity contribution in [3.05, 3.63) is 76.2 Å². The summed E-state index contributed by atoms with van der Waals surface area (Å²) in [5.74, 6) is -0.762. The highest BCUT2D eigenvalue weighted by atomic mass is 32.1. The molecule has 1 aromatic heterocycles. The van der Waals surface area contributed by atoms with E-state index in [0.717, 1.165) is 11.6 Å². The summed E-state index contributed by atoms with van der Waals surface area (Å²) in [7, 11) is 0. The second-order valence-corrected chi connectivity index (χ2v) is 8.64. The van der Waals surface area contributed by atoms with Gasteiger partial charge in [-0.1, -0.05) is 24.3 Å². The fourth-order valence-corrected chi connectivity index (χ4v) is 4.07. The standard InChI is InChI=1S/C23H21F3N4O3S/c24-23(25,26)17-3-1-2-4-18(17)29-16-7-5-15(6-8-16)11-28-21(32)22(9-10-33-13-22)30-20(31)19-12-27-14-34-19/h1-8,12,14,29H,9-11,13H2,(H,28,32)(H,30,31). The van der Waals surface area contributed by atoms with Crippen LogP contribution in [-0.4, -0.2) is 35.6 Å². The van der Waals surface area contributed by atoms with E-state index in [-0.39, 0.29) is 24.7 Å². The van der Waals surface area contributed by atoms with Gasteiger partial charge in [0, 0.05) is 25.3 Å². The Morgan fingerprint density at radius 1 is 1.12 bits per heavy atom. The number of nitrogens with zero attached hydrogens (tertiary/aromatic N) is 1. The highest BCUT2D eigenvalue weighted by Crippen LogP contribution is 2.35. The van der Waals surface area contributed by atoms with E-state index in [4.69, 9.17) is 4.74 Å². The molecule has 0 saturated carbocycles. The zero-order chi connectivity index (χ0) is 24.2. The summed E-state index contributed by atoms with van der Waals surface area (Å²) in [6, 6.07) is 11.9. The third-order valence-electron chi connectivity index (χ3n) is 5.38. The lowest BCUT2D eigenvalue weighted by Gasteiger charge is -2.27. The number of thiazole rings is 1. The molecule has 0 spiro atoms. The van der Waals surface area contributed by atoms with E-state index in [1.54, 1.807) is 24.3 Å². The van der Waals surface area contributed by atoms with E-state index in [0.29, 0.717) is 23.6 Å². The van der Waals surface area contributed by atoms with Crippen LogP contribution >= 0.6 is 11.3 Å². The predicted molar refractivity (Wildman–Crippen MR) is 121 cm³/mol. The topological polar surface area (TPSA) is 92.4 Å². The Balaban J connectivity index is 1.38. The summed E-state index contributed by atoms with van der Waals surface area (Å²) >= 11 is 1.17. The number of amides is 2. The molecule has 1 unspecified atom stereocenters. The quantitative estimate of drug-likeness (QED) is 0.464. The number of anilines is 2. The Labute approximate surface area is 197 Å². The van der Waals surface area contributed by atoms with Crippen molar-refractivity contribution in [3.8, 4) is 0 Å². The fraction of sp³-hybridized carbons (Fsp3) is 0.261. The average Bonchev–Trinajstić information content (AvgIpc) is 3.51. The number of alkyl halides is 3. The number of rotatable bonds is 7. The van der Waals surface area contributed by atoms with Crippen molar-refractivity contribution in [2.45, 2.75) is 24.7 Å². The van der Waals surface area contributed by atoms with Crippen LogP contribution in [0.1, 0.15) is 27.2 Å². The molecule has 178 valence electrons. The van der Waals surface area contributed by atoms with Gasteiger partial charge in [0.2, 0.25) is 5.91 Å². The van der Waals surface area contributed by atoms with Crippen molar-refractivity contribution in [1.82, 2.24) is 15.6 Å². The van der Waals surface area contributed by atoms with E-state index >= 15 is 0 Å². The van der Waals surface area contributed by atoms with Crippen LogP contribution < -0.4 is 16.0 Å². The number of carbonyl (C=O) groups excluding carboxylic acids is 2. The number of benzene rings is 2. The molecule has 1 atom stereocenters. The van der Waals surface area contributed by atoms with Gasteiger partial charge >= 0.3 is 6.18 Å². The van der Waals surface area contributed by atoms with Gasteiger partial charge in [-0.05, 0) is 29.8 Å². The number of ether oxygens (including phenoxy) is 1. The minimum Gasteiger partial charge on any atom is -0.378 e. The fourth-order valence-electron chi connectivity index (χ4n) is 3.56. The van der Waals surface area contributed by atoms with Gasteiger partial charge < -0.3 is 20.7 Å². The first kappa shape index (κ1) is 23.7. The molecule has 7 nitrogen and oxygen atoms in total. The molecule has 34 heavy (non-hydrogen) atoms. The van der Waals surface area contributed by atoms with Crippen molar-refractivity contribution in [2.75, 3.05) is 18.5 Å². The summed E-state index contributed by atoms with van der Waals surface area (Å²) in [4.78, 5) is 29.7. The van der Waals surface area contributed by atoms with Crippen molar-refractivity contribution in [3.63, 3.8) is 0 Å². The molecule has 4 rings (SSSR count). The molecule has 3 N–H and O–H groups in total. The zero-order valence-electron chi connectivity index (χ0n) is 17.8. The normalized spacial score (nSPS) is 17.9. The Bertz CT molecular complexity index is 1150. The molecular weight excluding hydrogens is 469 g/mol. The van der Waals surface area contributed by atoms with Crippen LogP contribution in [0.3, 0.4) is 0 Å². The van der Waals surface area contributed by atoms with E-state index < -0.39 is 23.2 Å². The molecule has 0 aliphatic carbocycles. The van der Waals surface area contributed by atoms with Gasteiger partial charge in [-0.15, -0.1) is 11.3 Å². The predicted octanol–water partition coefficient (Wildman–Crippen LogP) is 4.11. The monoisotopic (exact) mass is 490 g/mol. The van der Waals surface area contributed by atoms with Gasteiger partial charge in [-0.2, -0.15) is 13.2 Å². The maximum Gasteiger partial charge on any atom is 0.418 e. The maximum atomic E-state index is 13.2. The van der Waals surface area contributed by atoms with Crippen LogP contribution in [0.2, 0.25) is 0 Å². The maximum absolute atomic E-state index is 13.2. The lowest BCUT2D eigenvalue weighted by atomic mass is 9.97. The van der Waals surface area contributed by atoms with E-state index in [1.165, 1.54) is 41.2 Å². The minimum absolute atomic E-state index is 0.0455. The minimum atomic E-state index is -4.47. The third-order valence-corrected chi connectivity index (χ3v) is 6.16. The number of nitrogens with one attached hydrogen (secondary N) is 3. The first-order valence-corrected chi connectivity index (χ1v) is 11.2. The summed E-state index contributed by atoms with van der Waals surface area (Å²) in [6.45, 7) is 0.581. The van der Waals surface area contributed by atoms with Crippen molar-refractivity contribution < 1.29 is 27.5 Å². The highest BCUT2D eigenvalue weighted by molar-refractivity contribution is 7.11. The number of hydrogen-bond donors (Lipinski definition) is 3. The lowest BCUT2D eigenvalue weighted by molar-refractivity contribution is -0.137. The second kappa shape index (κ2) is 9.82. The Hall–Kier alpha value is -3.44. The molecule has 1 aliphatic rings. The largest absolute Gasteiger partial charge is 0.418 e. The van der Waals surface area contributed by atoms with E-state index in [2.05, 4.69) is 20.9 Å². The Morgan fingerprint density at radius 2 is 1.88 bits per heavy atom. The van der Waals surface area contributed by atoms with Crippen LogP contribution in [0, 0.1) is 0 Å². The van der Waals surface area contributed by atoms with Crippen molar-refractivity contribution >= 4 is 34.5 Å². The van der Waals surface area contributed by atoms with Crippen LogP contribution in [0.15, 0.2) is 60.2 Å². The van der Waals surface area contributed by atoms with Gasteiger partial charge in [-0.25, -0.2) is 0 Å². The number of carbonyl (C=O) groups is 2. The molecule has 2 heterocycles. The first-order valence-electron chi connectivity index (χ1n) is 10.4. The van der Waals surface area contributed by atoms with Crippen LogP contribution in [0.5, 0.6) is 0 Å². The zero-order valence-corrected chi connectivity index (χ0v) is 18.6. The summed E-state index contributed by atoms with van der Waals surface area (Å²) in [5.41, 5.74) is 0.776.